The summed E-state index contributed by atoms with van der Waals surface area (Å²) >= 11 is 0. The molecule has 17 heteroatoms. The molecule has 3 N–H and O–H groups in total. The molecule has 2 aromatic heterocycles. The van der Waals surface area contributed by atoms with Crippen LogP contribution in [0.2, 0.25) is 0 Å². The molecule has 51 heavy (non-hydrogen) atoms. The third-order valence-electron chi connectivity index (χ3n) is 7.30. The maximum Gasteiger partial charge on any atom is 0.398 e. The van der Waals surface area contributed by atoms with Crippen molar-refractivity contribution in [1.29, 1.82) is 0 Å². The van der Waals surface area contributed by atoms with Crippen molar-refractivity contribution in [2.24, 2.45) is 11.8 Å². The molecule has 0 fully saturated rings. The molecule has 0 amide bonds. The number of hydrogen-bond acceptors (Lipinski definition) is 7. The molecule has 2 atom stereocenters. The number of nitrogens with zero attached hydrogens (tertiary/aromatic N) is 2. The van der Waals surface area contributed by atoms with E-state index >= 15 is 0 Å². The molecule has 2 heterocycles. The van der Waals surface area contributed by atoms with Gasteiger partial charge in [-0.15, -0.1) is 0 Å². The first-order valence-corrected chi connectivity index (χ1v) is 17.6. The van der Waals surface area contributed by atoms with Crippen molar-refractivity contribution in [1.82, 2.24) is 19.4 Å². The first-order valence-electron chi connectivity index (χ1n) is 14.6. The SMILES string of the molecule is O=C(O)C1C=C(NS(=O)(=O)c2ccccc2)C(c2ccc(F)nc2)=C1.O=S(=O)(NC1=CC(C(F)(F)F)C=C1c1ccc(F)nc1)c1ccccc1. The molecule has 264 valence electrons. The fourth-order valence-corrected chi connectivity index (χ4v) is 7.07. The van der Waals surface area contributed by atoms with Gasteiger partial charge in [-0.25, -0.2) is 26.8 Å². The van der Waals surface area contributed by atoms with Crippen LogP contribution in [0.1, 0.15) is 11.1 Å². The second-order valence-corrected chi connectivity index (χ2v) is 14.2. The molecule has 0 radical (unpaired) electrons. The maximum absolute atomic E-state index is 13.1. The Balaban J connectivity index is 0.000000198. The zero-order chi connectivity index (χ0) is 37.0. The summed E-state index contributed by atoms with van der Waals surface area (Å²) in [6.45, 7) is 0. The molecule has 2 aromatic carbocycles. The summed E-state index contributed by atoms with van der Waals surface area (Å²) in [5, 5.41) is 9.21. The Morgan fingerprint density at radius 1 is 0.627 bits per heavy atom. The number of halogens is 5. The molecule has 4 aromatic rings. The summed E-state index contributed by atoms with van der Waals surface area (Å²) in [6.07, 6.45) is 2.01. The zero-order valence-corrected chi connectivity index (χ0v) is 27.4. The van der Waals surface area contributed by atoms with Crippen LogP contribution in [-0.4, -0.2) is 44.1 Å². The molecule has 10 nitrogen and oxygen atoms in total. The number of hydrogen-bond donors (Lipinski definition) is 3. The Bertz CT molecular complexity index is 2260. The lowest BCUT2D eigenvalue weighted by molar-refractivity contribution is -0.148. The van der Waals surface area contributed by atoms with Crippen LogP contribution in [0.5, 0.6) is 0 Å². The van der Waals surface area contributed by atoms with Crippen molar-refractivity contribution in [2.45, 2.75) is 16.0 Å². The predicted molar refractivity (Wildman–Crippen MR) is 175 cm³/mol. The monoisotopic (exact) mass is 744 g/mol. The van der Waals surface area contributed by atoms with Crippen LogP contribution in [0.4, 0.5) is 22.0 Å². The fourth-order valence-electron chi connectivity index (χ4n) is 4.86. The largest absolute Gasteiger partial charge is 0.481 e. The van der Waals surface area contributed by atoms with E-state index in [1.54, 1.807) is 24.3 Å². The van der Waals surface area contributed by atoms with E-state index in [9.17, 15) is 48.7 Å². The van der Waals surface area contributed by atoms with Crippen molar-refractivity contribution in [3.63, 3.8) is 0 Å². The van der Waals surface area contributed by atoms with Crippen molar-refractivity contribution in [3.8, 4) is 0 Å². The number of rotatable bonds is 9. The summed E-state index contributed by atoms with van der Waals surface area (Å²) in [7, 11) is -7.97. The second-order valence-electron chi connectivity index (χ2n) is 10.8. The lowest BCUT2D eigenvalue weighted by Gasteiger charge is -2.12. The normalized spacial score (nSPS) is 17.3. The van der Waals surface area contributed by atoms with Crippen LogP contribution in [0.25, 0.3) is 11.1 Å². The lowest BCUT2D eigenvalue weighted by atomic mass is 10.1. The van der Waals surface area contributed by atoms with E-state index in [1.807, 2.05) is 0 Å². The van der Waals surface area contributed by atoms with Crippen LogP contribution in [-0.2, 0) is 24.8 Å². The van der Waals surface area contributed by atoms with Gasteiger partial charge in [-0.05, 0) is 60.7 Å². The smallest absolute Gasteiger partial charge is 0.398 e. The fraction of sp³-hybridized carbons (Fsp3) is 0.0882. The number of carboxylic acids is 1. The van der Waals surface area contributed by atoms with Crippen LogP contribution in [0, 0.1) is 23.7 Å². The second kappa shape index (κ2) is 14.7. The number of pyridine rings is 2. The summed E-state index contributed by atoms with van der Waals surface area (Å²) < 4.78 is 120. The topological polar surface area (TPSA) is 155 Å². The van der Waals surface area contributed by atoms with E-state index in [0.29, 0.717) is 11.1 Å². The highest BCUT2D eigenvalue weighted by Crippen LogP contribution is 2.39. The average molecular weight is 745 g/mol. The highest BCUT2D eigenvalue weighted by Gasteiger charge is 2.41. The lowest BCUT2D eigenvalue weighted by Crippen LogP contribution is -2.24. The van der Waals surface area contributed by atoms with E-state index in [-0.39, 0.29) is 32.3 Å². The number of aliphatic carboxylic acids is 1. The van der Waals surface area contributed by atoms with Gasteiger partial charge in [0.25, 0.3) is 20.0 Å². The minimum absolute atomic E-state index is 0.0145. The molecule has 0 saturated heterocycles. The third kappa shape index (κ3) is 8.92. The van der Waals surface area contributed by atoms with Crippen LogP contribution in [0.15, 0.2) is 143 Å². The van der Waals surface area contributed by atoms with Crippen molar-refractivity contribution in [3.05, 3.63) is 156 Å². The van der Waals surface area contributed by atoms with E-state index in [1.165, 1.54) is 66.9 Å². The van der Waals surface area contributed by atoms with E-state index in [2.05, 4.69) is 19.4 Å². The van der Waals surface area contributed by atoms with Gasteiger partial charge in [0, 0.05) is 34.7 Å². The van der Waals surface area contributed by atoms with Crippen molar-refractivity contribution in [2.75, 3.05) is 0 Å². The van der Waals surface area contributed by atoms with Gasteiger partial charge in [-0.1, -0.05) is 48.6 Å². The molecule has 2 aliphatic rings. The van der Waals surface area contributed by atoms with Gasteiger partial charge in [0.1, 0.15) is 0 Å². The summed E-state index contributed by atoms with van der Waals surface area (Å²) in [5.41, 5.74) is 0.778. The molecule has 0 spiro atoms. The molecule has 0 bridgehead atoms. The minimum atomic E-state index is -4.58. The standard InChI is InChI=1S/C17H12F4N2O2S.C17H13FN2O4S/c18-16-7-6-11(10-22-16)14-8-12(17(19,20)21)9-15(14)23-26(24,25)13-4-2-1-3-5-13;18-16-7-6-11(10-19-16)14-8-12(17(21)22)9-15(14)20-25(23,24)13-4-2-1-3-5-13/h1-10,12,23H;1-10,12,20H,(H,21,22). The Labute approximate surface area is 288 Å². The summed E-state index contributed by atoms with van der Waals surface area (Å²) in [4.78, 5) is 18.2. The van der Waals surface area contributed by atoms with Gasteiger partial charge in [0.05, 0.1) is 33.0 Å². The van der Waals surface area contributed by atoms with E-state index in [0.717, 1.165) is 30.5 Å². The number of alkyl halides is 3. The molecule has 6 rings (SSSR count). The molecule has 2 aliphatic carbocycles. The van der Waals surface area contributed by atoms with Crippen LogP contribution < -0.4 is 9.44 Å². The Kier molecular flexibility index (Phi) is 10.5. The van der Waals surface area contributed by atoms with Gasteiger partial charge in [0.2, 0.25) is 11.9 Å². The number of aromatic nitrogens is 2. The zero-order valence-electron chi connectivity index (χ0n) is 25.8. The number of carbonyl (C=O) groups is 1. The maximum atomic E-state index is 13.1. The van der Waals surface area contributed by atoms with Gasteiger partial charge in [0.15, 0.2) is 0 Å². The van der Waals surface area contributed by atoms with Crippen LogP contribution in [0.3, 0.4) is 0 Å². The van der Waals surface area contributed by atoms with E-state index in [4.69, 9.17) is 0 Å². The number of carboxylic acid groups (broad SMARTS) is 1. The molecular weight excluding hydrogens is 720 g/mol. The van der Waals surface area contributed by atoms with Gasteiger partial charge >= 0.3 is 12.1 Å². The van der Waals surface area contributed by atoms with Crippen molar-refractivity contribution < 1.29 is 48.7 Å². The first-order chi connectivity index (χ1) is 24.0. The quantitative estimate of drug-likeness (QED) is 0.143. The number of benzene rings is 2. The first kappa shape index (κ1) is 36.6. The van der Waals surface area contributed by atoms with E-state index < -0.39 is 55.9 Å². The van der Waals surface area contributed by atoms with Gasteiger partial charge in [-0.2, -0.15) is 22.0 Å². The molecular formula is C34H25F5N4O6S2. The molecule has 0 aliphatic heterocycles. The van der Waals surface area contributed by atoms with Crippen molar-refractivity contribution >= 4 is 37.2 Å². The van der Waals surface area contributed by atoms with Gasteiger partial charge in [-0.3, -0.25) is 14.2 Å². The predicted octanol–water partition coefficient (Wildman–Crippen LogP) is 5.84. The van der Waals surface area contributed by atoms with Crippen LogP contribution >= 0.6 is 0 Å². The van der Waals surface area contributed by atoms with Gasteiger partial charge < -0.3 is 5.11 Å². The minimum Gasteiger partial charge on any atom is -0.481 e. The Morgan fingerprint density at radius 3 is 1.45 bits per heavy atom. The molecule has 2 unspecified atom stereocenters. The number of allylic oxidation sites excluding steroid dienone is 4. The Morgan fingerprint density at radius 2 is 1.06 bits per heavy atom. The average Bonchev–Trinajstić information content (AvgIpc) is 3.71. The molecule has 0 saturated carbocycles. The highest BCUT2D eigenvalue weighted by atomic mass is 32.2. The highest BCUT2D eigenvalue weighted by molar-refractivity contribution is 7.90. The Hall–Kier alpha value is -5.68. The number of sulfonamides is 2. The third-order valence-corrected chi connectivity index (χ3v) is 10.1. The summed E-state index contributed by atoms with van der Waals surface area (Å²) in [5.74, 6) is -5.56. The number of nitrogens with one attached hydrogen (secondary N) is 2. The summed E-state index contributed by atoms with van der Waals surface area (Å²) in [6, 6.07) is 19.7.